The van der Waals surface area contributed by atoms with Gasteiger partial charge in [0.2, 0.25) is 5.91 Å². The lowest BCUT2D eigenvalue weighted by Crippen LogP contribution is -2.46. The molecule has 0 atom stereocenters. The third kappa shape index (κ3) is 6.78. The minimum Gasteiger partial charge on any atom is -0.480 e. The minimum atomic E-state index is -0.836. The van der Waals surface area contributed by atoms with Gasteiger partial charge in [0.25, 0.3) is 0 Å². The molecule has 1 aliphatic rings. The van der Waals surface area contributed by atoms with Gasteiger partial charge in [-0.05, 0) is 38.1 Å². The number of piperidine rings is 1. The molecule has 0 radical (unpaired) electrons. The van der Waals surface area contributed by atoms with Crippen LogP contribution in [0.4, 0.5) is 10.1 Å². The number of hydrogen-bond acceptors (Lipinski definition) is 4. The summed E-state index contributed by atoms with van der Waals surface area (Å²) in [6, 6.07) is 4.27. The molecule has 1 aromatic carbocycles. The first-order valence-corrected chi connectivity index (χ1v) is 8.12. The summed E-state index contributed by atoms with van der Waals surface area (Å²) < 4.78 is 13.1. The summed E-state index contributed by atoms with van der Waals surface area (Å²) in [4.78, 5) is 26.7. The Balaban J connectivity index is 0.00000312. The molecule has 0 bridgehead atoms. The molecule has 1 aliphatic heterocycles. The lowest BCUT2D eigenvalue weighted by molar-refractivity contribution is -0.138. The van der Waals surface area contributed by atoms with Gasteiger partial charge in [0.05, 0.1) is 18.1 Å². The summed E-state index contributed by atoms with van der Waals surface area (Å²) >= 11 is 5.69. The molecule has 1 amide bonds. The van der Waals surface area contributed by atoms with Crippen LogP contribution in [0.3, 0.4) is 0 Å². The van der Waals surface area contributed by atoms with Gasteiger partial charge in [-0.25, -0.2) is 4.39 Å². The van der Waals surface area contributed by atoms with Crippen LogP contribution in [0.15, 0.2) is 18.2 Å². The normalized spacial score (nSPS) is 15.7. The van der Waals surface area contributed by atoms with E-state index < -0.39 is 11.8 Å². The number of carbonyl (C=O) groups is 2. The summed E-state index contributed by atoms with van der Waals surface area (Å²) in [6.45, 7) is 1.72. The van der Waals surface area contributed by atoms with Crippen molar-refractivity contribution in [1.29, 1.82) is 0 Å². The van der Waals surface area contributed by atoms with Gasteiger partial charge in [-0.1, -0.05) is 11.6 Å². The molecule has 140 valence electrons. The van der Waals surface area contributed by atoms with Gasteiger partial charge >= 0.3 is 5.97 Å². The number of benzene rings is 1. The van der Waals surface area contributed by atoms with E-state index >= 15 is 0 Å². The van der Waals surface area contributed by atoms with Crippen LogP contribution in [0.5, 0.6) is 0 Å². The van der Waals surface area contributed by atoms with Crippen LogP contribution >= 0.6 is 24.0 Å². The van der Waals surface area contributed by atoms with Crippen molar-refractivity contribution in [1.82, 2.24) is 9.80 Å². The first-order chi connectivity index (χ1) is 11.3. The molecular weight excluding hydrogens is 372 g/mol. The quantitative estimate of drug-likeness (QED) is 0.775. The number of rotatable bonds is 6. The SMILES string of the molecule is CN(CC(=O)O)C1CCN(CC(=O)Nc2ccc(F)c(Cl)c2)CC1.Cl. The molecule has 6 nitrogen and oxygen atoms in total. The highest BCUT2D eigenvalue weighted by Crippen LogP contribution is 2.20. The smallest absolute Gasteiger partial charge is 0.317 e. The second-order valence-corrected chi connectivity index (χ2v) is 6.40. The predicted molar refractivity (Wildman–Crippen MR) is 97.0 cm³/mol. The van der Waals surface area contributed by atoms with E-state index in [9.17, 15) is 14.0 Å². The maximum atomic E-state index is 13.1. The third-order valence-electron chi connectivity index (χ3n) is 4.14. The van der Waals surface area contributed by atoms with E-state index in [-0.39, 0.29) is 42.5 Å². The maximum absolute atomic E-state index is 13.1. The molecule has 1 aromatic rings. The number of carboxylic acids is 1. The van der Waals surface area contributed by atoms with Crippen molar-refractivity contribution in [3.63, 3.8) is 0 Å². The van der Waals surface area contributed by atoms with Gasteiger partial charge in [-0.3, -0.25) is 19.4 Å². The number of hydrogen-bond donors (Lipinski definition) is 2. The van der Waals surface area contributed by atoms with Gasteiger partial charge in [0.15, 0.2) is 0 Å². The lowest BCUT2D eigenvalue weighted by atomic mass is 10.0. The summed E-state index contributed by atoms with van der Waals surface area (Å²) in [5, 5.41) is 11.5. The maximum Gasteiger partial charge on any atom is 0.317 e. The molecule has 0 unspecified atom stereocenters. The van der Waals surface area contributed by atoms with E-state index in [0.29, 0.717) is 5.69 Å². The zero-order chi connectivity index (χ0) is 17.7. The van der Waals surface area contributed by atoms with Crippen molar-refractivity contribution in [2.75, 3.05) is 38.5 Å². The number of halogens is 3. The van der Waals surface area contributed by atoms with Gasteiger partial charge in [-0.15, -0.1) is 12.4 Å². The first-order valence-electron chi connectivity index (χ1n) is 7.74. The van der Waals surface area contributed by atoms with Crippen molar-refractivity contribution in [2.45, 2.75) is 18.9 Å². The zero-order valence-corrected chi connectivity index (χ0v) is 15.4. The van der Waals surface area contributed by atoms with Crippen LogP contribution in [-0.2, 0) is 9.59 Å². The van der Waals surface area contributed by atoms with E-state index in [1.807, 2.05) is 9.80 Å². The molecular formula is C16H22Cl2FN3O3. The fraction of sp³-hybridized carbons (Fsp3) is 0.500. The number of nitrogens with zero attached hydrogens (tertiary/aromatic N) is 2. The Hall–Kier alpha value is -1.41. The summed E-state index contributed by atoms with van der Waals surface area (Å²) in [5.74, 6) is -1.55. The van der Waals surface area contributed by atoms with Crippen LogP contribution in [-0.4, -0.2) is 66.1 Å². The largest absolute Gasteiger partial charge is 0.480 e. The number of aliphatic carboxylic acids is 1. The number of amides is 1. The molecule has 25 heavy (non-hydrogen) atoms. The molecule has 2 rings (SSSR count). The molecule has 0 aromatic heterocycles. The van der Waals surface area contributed by atoms with E-state index in [1.54, 1.807) is 7.05 Å². The van der Waals surface area contributed by atoms with Crippen LogP contribution in [0.1, 0.15) is 12.8 Å². The van der Waals surface area contributed by atoms with Crippen molar-refractivity contribution in [3.05, 3.63) is 29.0 Å². The van der Waals surface area contributed by atoms with Crippen LogP contribution in [0.25, 0.3) is 0 Å². The number of carboxylic acid groups (broad SMARTS) is 1. The standard InChI is InChI=1S/C16H21ClFN3O3.ClH/c1-20(10-16(23)24)12-4-6-21(7-5-12)9-15(22)19-11-2-3-14(18)13(17)8-11;/h2-3,8,12H,4-7,9-10H2,1H3,(H,19,22)(H,23,24);1H. The van der Waals surface area contributed by atoms with Crippen molar-refractivity contribution in [2.24, 2.45) is 0 Å². The fourth-order valence-electron chi connectivity index (χ4n) is 2.84. The van der Waals surface area contributed by atoms with Crippen molar-refractivity contribution in [3.8, 4) is 0 Å². The fourth-order valence-corrected chi connectivity index (χ4v) is 3.02. The summed E-state index contributed by atoms with van der Waals surface area (Å²) in [5.41, 5.74) is 0.461. The molecule has 1 saturated heterocycles. The number of carbonyl (C=O) groups excluding carboxylic acids is 1. The highest BCUT2D eigenvalue weighted by molar-refractivity contribution is 6.31. The van der Waals surface area contributed by atoms with Gasteiger partial charge < -0.3 is 10.4 Å². The van der Waals surface area contributed by atoms with E-state index in [0.717, 1.165) is 25.9 Å². The molecule has 0 aliphatic carbocycles. The van der Waals surface area contributed by atoms with Gasteiger partial charge in [-0.2, -0.15) is 0 Å². The van der Waals surface area contributed by atoms with Crippen molar-refractivity contribution >= 4 is 41.6 Å². The molecule has 1 fully saturated rings. The molecule has 2 N–H and O–H groups in total. The minimum absolute atomic E-state index is 0. The number of anilines is 1. The Kier molecular flexibility index (Phi) is 8.58. The Labute approximate surface area is 157 Å². The van der Waals surface area contributed by atoms with Gasteiger partial charge in [0, 0.05) is 24.8 Å². The Morgan fingerprint density at radius 3 is 2.60 bits per heavy atom. The Morgan fingerprint density at radius 2 is 2.04 bits per heavy atom. The molecule has 1 heterocycles. The van der Waals surface area contributed by atoms with E-state index in [4.69, 9.17) is 16.7 Å². The monoisotopic (exact) mass is 393 g/mol. The average molecular weight is 394 g/mol. The Morgan fingerprint density at radius 1 is 1.40 bits per heavy atom. The van der Waals surface area contributed by atoms with Crippen LogP contribution in [0, 0.1) is 5.82 Å². The third-order valence-corrected chi connectivity index (χ3v) is 4.43. The lowest BCUT2D eigenvalue weighted by Gasteiger charge is -2.35. The number of likely N-dealkylation sites (tertiary alicyclic amines) is 1. The number of nitrogens with one attached hydrogen (secondary N) is 1. The van der Waals surface area contributed by atoms with Crippen molar-refractivity contribution < 1.29 is 19.1 Å². The zero-order valence-electron chi connectivity index (χ0n) is 13.9. The Bertz CT molecular complexity index is 610. The van der Waals surface area contributed by atoms with Crippen LogP contribution < -0.4 is 5.32 Å². The highest BCUT2D eigenvalue weighted by atomic mass is 35.5. The van der Waals surface area contributed by atoms with Gasteiger partial charge in [0.1, 0.15) is 5.82 Å². The van der Waals surface area contributed by atoms with E-state index in [2.05, 4.69) is 5.32 Å². The number of likely N-dealkylation sites (N-methyl/N-ethyl adjacent to an activating group) is 1. The second-order valence-electron chi connectivity index (χ2n) is 5.99. The molecule has 0 spiro atoms. The summed E-state index contributed by atoms with van der Waals surface area (Å²) in [6.07, 6.45) is 1.64. The summed E-state index contributed by atoms with van der Waals surface area (Å²) in [7, 11) is 1.80. The molecule has 0 saturated carbocycles. The highest BCUT2D eigenvalue weighted by Gasteiger charge is 2.24. The van der Waals surface area contributed by atoms with E-state index in [1.165, 1.54) is 18.2 Å². The predicted octanol–water partition coefficient (Wildman–Crippen LogP) is 2.32. The second kappa shape index (κ2) is 9.91. The average Bonchev–Trinajstić information content (AvgIpc) is 2.51. The molecule has 9 heteroatoms. The first kappa shape index (κ1) is 21.6. The van der Waals surface area contributed by atoms with Crippen LogP contribution in [0.2, 0.25) is 5.02 Å². The topological polar surface area (TPSA) is 72.9 Å².